The number of benzene rings is 1. The van der Waals surface area contributed by atoms with Crippen molar-refractivity contribution in [2.75, 3.05) is 5.73 Å². The molecule has 3 aromatic rings. The van der Waals surface area contributed by atoms with Crippen LogP contribution in [0.25, 0.3) is 11.1 Å². The normalized spacial score (nSPS) is 11.5. The van der Waals surface area contributed by atoms with Crippen LogP contribution in [0.4, 0.5) is 5.82 Å². The van der Waals surface area contributed by atoms with Crippen molar-refractivity contribution in [1.29, 1.82) is 0 Å². The van der Waals surface area contributed by atoms with E-state index in [-0.39, 0.29) is 0 Å². The number of nitrogen functional groups attached to an aromatic ring is 1. The maximum Gasteiger partial charge on any atom is 0.123 e. The van der Waals surface area contributed by atoms with Crippen LogP contribution in [-0.2, 0) is 6.16 Å². The molecule has 0 bridgehead atoms. The molecule has 3 rings (SSSR count). The van der Waals surface area contributed by atoms with Crippen LogP contribution in [0.15, 0.2) is 60.7 Å². The summed E-state index contributed by atoms with van der Waals surface area (Å²) in [7, 11) is -0.448. The van der Waals surface area contributed by atoms with Gasteiger partial charge in [0.15, 0.2) is 0 Å². The molecule has 0 saturated heterocycles. The molecule has 2 heterocycles. The molecule has 0 aliphatic carbocycles. The van der Waals surface area contributed by atoms with Gasteiger partial charge in [0.2, 0.25) is 0 Å². The van der Waals surface area contributed by atoms with Crippen molar-refractivity contribution in [2.45, 2.75) is 6.16 Å². The molecule has 3 nitrogen and oxygen atoms in total. The zero-order valence-electron chi connectivity index (χ0n) is 10.4. The molecule has 1 aromatic carbocycles. The maximum atomic E-state index is 5.71. The number of aromatic nitrogens is 2. The van der Waals surface area contributed by atoms with Gasteiger partial charge in [0.05, 0.1) is 0 Å². The number of nitrogens with two attached hydrogens (primary N) is 1. The largest absolute Gasteiger partial charge is 0.384 e. The first-order chi connectivity index (χ1) is 9.31. The van der Waals surface area contributed by atoms with Gasteiger partial charge >= 0.3 is 0 Å². The molecule has 19 heavy (non-hydrogen) atoms. The Bertz CT molecular complexity index is 677. The third-order valence-electron chi connectivity index (χ3n) is 2.94. The second-order valence-electron chi connectivity index (χ2n) is 4.38. The fraction of sp³-hybridized carbons (Fsp3) is 0.0667. The molecule has 0 aliphatic heterocycles. The second-order valence-corrected chi connectivity index (χ2v) is 6.07. The fourth-order valence-electron chi connectivity index (χ4n) is 2.00. The van der Waals surface area contributed by atoms with Gasteiger partial charge < -0.3 is 5.73 Å². The van der Waals surface area contributed by atoms with Gasteiger partial charge in [-0.25, -0.2) is 9.73 Å². The van der Waals surface area contributed by atoms with Gasteiger partial charge in [-0.15, -0.1) is 0 Å². The number of hydrogen-bond acceptors (Lipinski definition) is 3. The van der Waals surface area contributed by atoms with Gasteiger partial charge in [0.25, 0.3) is 0 Å². The summed E-state index contributed by atoms with van der Waals surface area (Å²) in [4.78, 5) is 4.01. The van der Waals surface area contributed by atoms with Crippen molar-refractivity contribution in [3.05, 3.63) is 66.2 Å². The van der Waals surface area contributed by atoms with Crippen molar-refractivity contribution in [3.63, 3.8) is 0 Å². The van der Waals surface area contributed by atoms with Crippen LogP contribution in [0.3, 0.4) is 0 Å². The molecule has 0 spiro atoms. The van der Waals surface area contributed by atoms with E-state index in [1.807, 2.05) is 24.4 Å². The smallest absolute Gasteiger partial charge is 0.123 e. The molecule has 4 heteroatoms. The van der Waals surface area contributed by atoms with Gasteiger partial charge in [-0.1, -0.05) is 30.3 Å². The van der Waals surface area contributed by atoms with Gasteiger partial charge in [-0.2, -0.15) is 0 Å². The zero-order valence-corrected chi connectivity index (χ0v) is 11.3. The molecule has 2 aromatic heterocycles. The van der Waals surface area contributed by atoms with Crippen molar-refractivity contribution in [3.8, 4) is 11.1 Å². The van der Waals surface area contributed by atoms with Gasteiger partial charge in [-0.3, -0.25) is 0 Å². The summed E-state index contributed by atoms with van der Waals surface area (Å²) in [6.07, 6.45) is 4.68. The Morgan fingerprint density at radius 1 is 1.05 bits per heavy atom. The maximum absolute atomic E-state index is 5.71. The van der Waals surface area contributed by atoms with Gasteiger partial charge in [-0.05, 0) is 36.7 Å². The summed E-state index contributed by atoms with van der Waals surface area (Å²) in [5, 5.41) is 0. The molecule has 0 radical (unpaired) electrons. The first kappa shape index (κ1) is 11.9. The highest BCUT2D eigenvalue weighted by Gasteiger charge is 2.04. The predicted molar refractivity (Wildman–Crippen MR) is 80.1 cm³/mol. The van der Waals surface area contributed by atoms with E-state index in [0.717, 1.165) is 17.3 Å². The molecule has 1 unspecified atom stereocenters. The van der Waals surface area contributed by atoms with E-state index in [1.165, 1.54) is 5.56 Å². The molecule has 0 amide bonds. The Morgan fingerprint density at radius 2 is 1.89 bits per heavy atom. The van der Waals surface area contributed by atoms with Crippen molar-refractivity contribution in [2.24, 2.45) is 0 Å². The number of rotatable bonds is 3. The lowest BCUT2D eigenvalue weighted by Gasteiger charge is -1.98. The SMILES string of the molecule is Nc1cc(-c2cnp(Cc3ccccc3)c2)ccn1. The average Bonchev–Trinajstić information content (AvgIpc) is 2.88. The Hall–Kier alpha value is -2.12. The molecule has 1 atom stereocenters. The second kappa shape index (κ2) is 5.25. The summed E-state index contributed by atoms with van der Waals surface area (Å²) >= 11 is 0. The van der Waals surface area contributed by atoms with Crippen LogP contribution in [0.2, 0.25) is 0 Å². The van der Waals surface area contributed by atoms with E-state index in [9.17, 15) is 0 Å². The van der Waals surface area contributed by atoms with Crippen LogP contribution in [0, 0.1) is 0 Å². The first-order valence-corrected chi connectivity index (χ1v) is 7.64. The topological polar surface area (TPSA) is 51.8 Å². The Balaban J connectivity index is 1.84. The minimum atomic E-state index is -0.448. The number of nitrogens with zero attached hydrogens (tertiary/aromatic N) is 2. The average molecular weight is 267 g/mol. The lowest BCUT2D eigenvalue weighted by molar-refractivity contribution is 1.34. The van der Waals surface area contributed by atoms with E-state index in [2.05, 4.69) is 39.8 Å². The minimum Gasteiger partial charge on any atom is -0.384 e. The Labute approximate surface area is 113 Å². The van der Waals surface area contributed by atoms with E-state index >= 15 is 0 Å². The minimum absolute atomic E-state index is 0.448. The quantitative estimate of drug-likeness (QED) is 0.786. The number of anilines is 1. The lowest BCUT2D eigenvalue weighted by atomic mass is 10.1. The summed E-state index contributed by atoms with van der Waals surface area (Å²) in [5.74, 6) is 2.79. The summed E-state index contributed by atoms with van der Waals surface area (Å²) in [5.41, 5.74) is 9.28. The van der Waals surface area contributed by atoms with Gasteiger partial charge in [0, 0.05) is 24.1 Å². The Kier molecular flexibility index (Phi) is 3.30. The molecule has 2 N–H and O–H groups in total. The summed E-state index contributed by atoms with van der Waals surface area (Å²) in [6.45, 7) is 0. The van der Waals surface area contributed by atoms with Gasteiger partial charge in [0.1, 0.15) is 5.82 Å². The fourth-order valence-corrected chi connectivity index (χ4v) is 3.63. The highest BCUT2D eigenvalue weighted by Crippen LogP contribution is 2.34. The Morgan fingerprint density at radius 3 is 2.68 bits per heavy atom. The molecular weight excluding hydrogens is 253 g/mol. The van der Waals surface area contributed by atoms with E-state index < -0.39 is 7.69 Å². The van der Waals surface area contributed by atoms with Crippen molar-refractivity contribution in [1.82, 2.24) is 9.73 Å². The van der Waals surface area contributed by atoms with Crippen LogP contribution >= 0.6 is 7.69 Å². The third kappa shape index (κ3) is 2.83. The molecule has 0 fully saturated rings. The third-order valence-corrected chi connectivity index (χ3v) is 4.61. The van der Waals surface area contributed by atoms with Crippen LogP contribution in [0.5, 0.6) is 0 Å². The standard InChI is InChI=1S/C15H14N3P/c16-15-8-13(6-7-17-15)14-9-18-19(11-14)10-12-4-2-1-3-5-12/h1-9,11H,10H2,(H2,16,17). The zero-order chi connectivity index (χ0) is 13.1. The number of pyridine rings is 1. The monoisotopic (exact) mass is 267 g/mol. The molecule has 0 aliphatic rings. The molecular formula is C15H14N3P. The van der Waals surface area contributed by atoms with E-state index in [0.29, 0.717) is 5.82 Å². The summed E-state index contributed by atoms with van der Waals surface area (Å²) in [6, 6.07) is 14.3. The van der Waals surface area contributed by atoms with Crippen LogP contribution in [0.1, 0.15) is 5.56 Å². The lowest BCUT2D eigenvalue weighted by Crippen LogP contribution is -1.88. The predicted octanol–water partition coefficient (Wildman–Crippen LogP) is 3.76. The van der Waals surface area contributed by atoms with Crippen LogP contribution in [-0.4, -0.2) is 9.73 Å². The molecule has 94 valence electrons. The highest BCUT2D eigenvalue weighted by atomic mass is 31.1. The van der Waals surface area contributed by atoms with E-state index in [4.69, 9.17) is 5.73 Å². The summed E-state index contributed by atoms with van der Waals surface area (Å²) < 4.78 is 4.60. The highest BCUT2D eigenvalue weighted by molar-refractivity contribution is 7.44. The number of hydrogen-bond donors (Lipinski definition) is 1. The first-order valence-electron chi connectivity index (χ1n) is 6.09. The van der Waals surface area contributed by atoms with Crippen molar-refractivity contribution < 1.29 is 0 Å². The van der Waals surface area contributed by atoms with Crippen LogP contribution < -0.4 is 5.73 Å². The van der Waals surface area contributed by atoms with Crippen molar-refractivity contribution >= 4 is 13.5 Å². The van der Waals surface area contributed by atoms with E-state index in [1.54, 1.807) is 6.20 Å². The molecule has 0 saturated carbocycles.